The van der Waals surface area contributed by atoms with Gasteiger partial charge in [0, 0.05) is 50.0 Å². The number of aliphatic carboxylic acids is 5. The summed E-state index contributed by atoms with van der Waals surface area (Å²) in [5, 5.41) is 64.4. The van der Waals surface area contributed by atoms with Crippen LogP contribution in [-0.2, 0) is 38.4 Å². The molecule has 0 spiro atoms. The Labute approximate surface area is 332 Å². The van der Waals surface area contributed by atoms with Crippen molar-refractivity contribution in [1.29, 1.82) is 0 Å². The summed E-state index contributed by atoms with van der Waals surface area (Å²) in [6.07, 6.45) is -4.20. The number of amides is 4. The summed E-state index contributed by atoms with van der Waals surface area (Å²) in [5.41, 5.74) is 6.04. The van der Waals surface area contributed by atoms with Crippen molar-refractivity contribution in [3.8, 4) is 0 Å². The lowest BCUT2D eigenvalue weighted by atomic mass is 10.1. The number of nitrogens with one attached hydrogen (secondary N) is 8. The van der Waals surface area contributed by atoms with Crippen molar-refractivity contribution in [2.24, 2.45) is 0 Å². The predicted molar refractivity (Wildman–Crippen MR) is 202 cm³/mol. The third-order valence-corrected chi connectivity index (χ3v) is 8.63. The molecule has 0 saturated heterocycles. The van der Waals surface area contributed by atoms with Crippen LogP contribution in [0.5, 0.6) is 0 Å². The number of carboxylic acids is 5. The second-order valence-corrected chi connectivity index (χ2v) is 13.1. The molecule has 0 fully saturated rings. The van der Waals surface area contributed by atoms with Gasteiger partial charge in [-0.05, 0) is 49.9 Å². The monoisotopic (exact) mass is 832 g/mol. The van der Waals surface area contributed by atoms with Gasteiger partial charge in [-0.1, -0.05) is 0 Å². The molecule has 1 aromatic carbocycles. The summed E-state index contributed by atoms with van der Waals surface area (Å²) in [6.45, 7) is 0.772. The highest BCUT2D eigenvalue weighted by atomic mass is 16.4. The van der Waals surface area contributed by atoms with E-state index < -0.39 is 135 Å². The number of hydrogen-bond acceptors (Lipinski definition) is 15. The third-order valence-electron chi connectivity index (χ3n) is 8.63. The minimum Gasteiger partial charge on any atom is -0.481 e. The Hall–Kier alpha value is -7.47. The first kappa shape index (κ1) is 45.9. The highest BCUT2D eigenvalue weighted by molar-refractivity contribution is 5.97. The number of aromatic amines is 1. The summed E-state index contributed by atoms with van der Waals surface area (Å²) in [6, 6.07) is -0.663. The first-order valence-electron chi connectivity index (χ1n) is 17.9. The number of fused-ring (bicyclic) bond motifs is 1. The molecule has 5 atom stereocenters. The van der Waals surface area contributed by atoms with Crippen molar-refractivity contribution < 1.29 is 68.7 Å². The van der Waals surface area contributed by atoms with Crippen molar-refractivity contribution in [2.75, 3.05) is 34.8 Å². The molecule has 320 valence electrons. The number of hydrogen-bond donors (Lipinski definition) is 14. The van der Waals surface area contributed by atoms with Gasteiger partial charge < -0.3 is 68.5 Å². The molecule has 0 bridgehead atoms. The largest absolute Gasteiger partial charge is 0.481 e. The van der Waals surface area contributed by atoms with Crippen LogP contribution in [0, 0.1) is 0 Å². The number of rotatable bonds is 24. The quantitative estimate of drug-likeness (QED) is 0.0532. The van der Waals surface area contributed by atoms with Crippen molar-refractivity contribution >= 4 is 76.6 Å². The van der Waals surface area contributed by atoms with Crippen molar-refractivity contribution in [1.82, 2.24) is 31.2 Å². The maximum absolute atomic E-state index is 12.8. The SMILES string of the molecule is Nc1nc2c(c(=O)[nH]1)N[C@@H](CNc1ccc(C(=O)N[C@@H](CCC(=O)N[C@@H](CCC(=O)N[C@@H](CCC(=O)N[C@@H](CCC(=O)O)C(=O)O)C(=O)O)C(=O)O)C(=O)O)cc1)CN2. The molecule has 2 heterocycles. The highest BCUT2D eigenvalue weighted by Crippen LogP contribution is 2.20. The normalized spacial score (nSPS) is 14.9. The van der Waals surface area contributed by atoms with E-state index in [0.717, 1.165) is 0 Å². The lowest BCUT2D eigenvalue weighted by Crippen LogP contribution is -2.45. The molecule has 25 heteroatoms. The van der Waals surface area contributed by atoms with Crippen LogP contribution in [0.2, 0.25) is 0 Å². The summed E-state index contributed by atoms with van der Waals surface area (Å²) in [7, 11) is 0. The third kappa shape index (κ3) is 15.2. The number of nitrogens with two attached hydrogens (primary N) is 1. The van der Waals surface area contributed by atoms with E-state index in [-0.39, 0.29) is 23.2 Å². The van der Waals surface area contributed by atoms with E-state index in [4.69, 9.17) is 15.9 Å². The van der Waals surface area contributed by atoms with Crippen LogP contribution in [0.15, 0.2) is 29.1 Å². The van der Waals surface area contributed by atoms with E-state index in [1.54, 1.807) is 12.1 Å². The molecular weight excluding hydrogens is 788 g/mol. The first-order valence-corrected chi connectivity index (χ1v) is 17.9. The van der Waals surface area contributed by atoms with Crippen molar-refractivity contribution in [3.05, 3.63) is 40.2 Å². The lowest BCUT2D eigenvalue weighted by molar-refractivity contribution is -0.144. The number of carbonyl (C=O) groups excluding carboxylic acids is 4. The van der Waals surface area contributed by atoms with Gasteiger partial charge in [0.05, 0.1) is 6.04 Å². The average Bonchev–Trinajstić information content (AvgIpc) is 3.16. The minimum absolute atomic E-state index is 0.0280. The Morgan fingerprint density at radius 1 is 0.678 bits per heavy atom. The van der Waals surface area contributed by atoms with Gasteiger partial charge in [-0.2, -0.15) is 4.98 Å². The number of H-pyrrole nitrogens is 1. The van der Waals surface area contributed by atoms with Crippen LogP contribution in [0.1, 0.15) is 61.7 Å². The molecule has 15 N–H and O–H groups in total. The molecule has 0 saturated carbocycles. The lowest BCUT2D eigenvalue weighted by Gasteiger charge is -2.27. The second kappa shape index (κ2) is 21.7. The zero-order valence-corrected chi connectivity index (χ0v) is 31.1. The van der Waals surface area contributed by atoms with E-state index >= 15 is 0 Å². The molecule has 1 aliphatic rings. The molecule has 2 aromatic rings. The molecule has 59 heavy (non-hydrogen) atoms. The number of carbonyl (C=O) groups is 9. The Kier molecular flexibility index (Phi) is 16.9. The smallest absolute Gasteiger partial charge is 0.326 e. The number of carboxylic acid groups (broad SMARTS) is 5. The van der Waals surface area contributed by atoms with Gasteiger partial charge in [0.2, 0.25) is 23.7 Å². The molecule has 4 amide bonds. The molecule has 25 nitrogen and oxygen atoms in total. The summed E-state index contributed by atoms with van der Waals surface area (Å²) in [5.74, 6) is -10.7. The fourth-order valence-corrected chi connectivity index (χ4v) is 5.50. The summed E-state index contributed by atoms with van der Waals surface area (Å²) >= 11 is 0. The van der Waals surface area contributed by atoms with Gasteiger partial charge in [0.1, 0.15) is 29.9 Å². The van der Waals surface area contributed by atoms with Crippen LogP contribution in [-0.4, -0.2) is 132 Å². The van der Waals surface area contributed by atoms with Crippen molar-refractivity contribution in [2.45, 2.75) is 81.6 Å². The number of benzene rings is 1. The minimum atomic E-state index is -1.66. The fourth-order valence-electron chi connectivity index (χ4n) is 5.50. The van der Waals surface area contributed by atoms with E-state index in [1.807, 2.05) is 0 Å². The van der Waals surface area contributed by atoms with Gasteiger partial charge in [0.25, 0.3) is 11.5 Å². The van der Waals surface area contributed by atoms with Gasteiger partial charge >= 0.3 is 29.8 Å². The fraction of sp³-hybridized carbons (Fsp3) is 0.441. The van der Waals surface area contributed by atoms with Crippen LogP contribution in [0.4, 0.5) is 23.1 Å². The summed E-state index contributed by atoms with van der Waals surface area (Å²) < 4.78 is 0. The summed E-state index contributed by atoms with van der Waals surface area (Å²) in [4.78, 5) is 126. The molecule has 0 unspecified atom stereocenters. The Morgan fingerprint density at radius 3 is 1.56 bits per heavy atom. The topological polar surface area (TPSA) is 411 Å². The number of anilines is 4. The standard InChI is InChI=1S/C34H44N10O15/c35-34-43-27-26(29(51)44-34)38-17(14-37-27)13-36-16-3-1-15(2-4-16)28(50)42-21(33(58)59)7-11-24(47)40-19(31(54)55)5-9-22(45)39-18(30(52)53)6-10-23(46)41-20(32(56)57)8-12-25(48)49/h1-4,17-21,36,38H,5-14H2,(H,39,45)(H,40,47)(H,41,46)(H,42,50)(H,48,49)(H,52,53)(H,54,55)(H,56,57)(H,58,59)(H4,35,37,43,44,51)/t17-,18-,19-,20-,21-/m0/s1. The highest BCUT2D eigenvalue weighted by Gasteiger charge is 2.28. The molecule has 1 aliphatic heterocycles. The molecule has 0 aliphatic carbocycles. The average molecular weight is 833 g/mol. The van der Waals surface area contributed by atoms with E-state index in [9.17, 15) is 63.3 Å². The first-order chi connectivity index (χ1) is 27.8. The maximum atomic E-state index is 12.8. The van der Waals surface area contributed by atoms with Gasteiger partial charge in [-0.15, -0.1) is 0 Å². The molecule has 3 rings (SSSR count). The number of aromatic nitrogens is 2. The van der Waals surface area contributed by atoms with Crippen LogP contribution in [0.3, 0.4) is 0 Å². The number of nitrogens with zero attached hydrogens (tertiary/aromatic N) is 1. The maximum Gasteiger partial charge on any atom is 0.326 e. The zero-order chi connectivity index (χ0) is 43.8. The van der Waals surface area contributed by atoms with Gasteiger partial charge in [-0.3, -0.25) is 33.8 Å². The Morgan fingerprint density at radius 2 is 1.12 bits per heavy atom. The van der Waals surface area contributed by atoms with E-state index in [2.05, 4.69) is 47.2 Å². The molecule has 0 radical (unpaired) electrons. The van der Waals surface area contributed by atoms with Crippen LogP contribution >= 0.6 is 0 Å². The molecular formula is C34H44N10O15. The molecule has 1 aromatic heterocycles. The second-order valence-electron chi connectivity index (χ2n) is 13.1. The number of nitrogen functional groups attached to an aromatic ring is 1. The zero-order valence-electron chi connectivity index (χ0n) is 31.1. The van der Waals surface area contributed by atoms with Crippen LogP contribution in [0.25, 0.3) is 0 Å². The van der Waals surface area contributed by atoms with Gasteiger partial charge in [0.15, 0.2) is 5.82 Å². The predicted octanol–water partition coefficient (Wildman–Crippen LogP) is -2.23. The van der Waals surface area contributed by atoms with Crippen LogP contribution < -0.4 is 48.5 Å². The Bertz CT molecular complexity index is 1970. The van der Waals surface area contributed by atoms with E-state index in [1.165, 1.54) is 12.1 Å². The van der Waals surface area contributed by atoms with Crippen molar-refractivity contribution in [3.63, 3.8) is 0 Å². The Balaban J connectivity index is 1.44. The van der Waals surface area contributed by atoms with Gasteiger partial charge in [-0.25, -0.2) is 19.2 Å². The van der Waals surface area contributed by atoms with E-state index in [0.29, 0.717) is 24.6 Å².